The lowest BCUT2D eigenvalue weighted by atomic mass is 10.2. The quantitative estimate of drug-likeness (QED) is 0.596. The van der Waals surface area contributed by atoms with Gasteiger partial charge < -0.3 is 15.2 Å². The minimum Gasteiger partial charge on any atom is -0.495 e. The largest absolute Gasteiger partial charge is 0.495 e. The van der Waals surface area contributed by atoms with Crippen LogP contribution in [0.5, 0.6) is 5.75 Å². The summed E-state index contributed by atoms with van der Waals surface area (Å²) in [5, 5.41) is 11.8. The molecule has 7 nitrogen and oxygen atoms in total. The molecule has 8 heteroatoms. The Labute approximate surface area is 118 Å². The van der Waals surface area contributed by atoms with Gasteiger partial charge in [0.05, 0.1) is 12.7 Å². The van der Waals surface area contributed by atoms with Crippen LogP contribution in [0.15, 0.2) is 23.1 Å². The van der Waals surface area contributed by atoms with Crippen LogP contribution in [0.4, 0.5) is 0 Å². The molecule has 0 fully saturated rings. The minimum atomic E-state index is -3.72. The lowest BCUT2D eigenvalue weighted by Gasteiger charge is -2.11. The molecule has 0 heterocycles. The molecule has 20 heavy (non-hydrogen) atoms. The van der Waals surface area contributed by atoms with E-state index in [1.165, 1.54) is 25.3 Å². The lowest BCUT2D eigenvalue weighted by Crippen LogP contribution is -2.27. The average molecular weight is 302 g/mol. The van der Waals surface area contributed by atoms with Crippen LogP contribution in [-0.2, 0) is 10.0 Å². The molecule has 0 aliphatic heterocycles. The second-order valence-corrected chi connectivity index (χ2v) is 5.76. The van der Waals surface area contributed by atoms with E-state index < -0.39 is 16.0 Å². The Bertz CT molecular complexity index is 571. The fourth-order valence-electron chi connectivity index (χ4n) is 1.57. The molecule has 0 bridgehead atoms. The van der Waals surface area contributed by atoms with Crippen LogP contribution in [0.1, 0.15) is 16.8 Å². The van der Waals surface area contributed by atoms with Crippen LogP contribution < -0.4 is 14.8 Å². The van der Waals surface area contributed by atoms with Gasteiger partial charge in [0.25, 0.3) is 0 Å². The van der Waals surface area contributed by atoms with Gasteiger partial charge in [0.15, 0.2) is 0 Å². The van der Waals surface area contributed by atoms with Gasteiger partial charge in [-0.05, 0) is 38.2 Å². The van der Waals surface area contributed by atoms with Crippen LogP contribution in [0.3, 0.4) is 0 Å². The lowest BCUT2D eigenvalue weighted by molar-refractivity contribution is 0.0696. The van der Waals surface area contributed by atoms with Crippen LogP contribution in [0.2, 0.25) is 0 Å². The molecular formula is C12H18N2O5S. The molecule has 0 amide bonds. The first-order valence-corrected chi connectivity index (χ1v) is 7.46. The number of rotatable bonds is 8. The molecule has 0 atom stereocenters. The van der Waals surface area contributed by atoms with E-state index in [9.17, 15) is 13.2 Å². The summed E-state index contributed by atoms with van der Waals surface area (Å²) in [6.07, 6.45) is 0.644. The molecule has 3 N–H and O–H groups in total. The predicted octanol–water partition coefficient (Wildman–Crippen LogP) is 0.281. The molecular weight excluding hydrogens is 284 g/mol. The Morgan fingerprint density at radius 3 is 2.60 bits per heavy atom. The van der Waals surface area contributed by atoms with Gasteiger partial charge in [0.2, 0.25) is 10.0 Å². The van der Waals surface area contributed by atoms with E-state index in [1.54, 1.807) is 7.05 Å². The third-order valence-electron chi connectivity index (χ3n) is 2.60. The molecule has 112 valence electrons. The monoisotopic (exact) mass is 302 g/mol. The average Bonchev–Trinajstić information content (AvgIpc) is 2.42. The van der Waals surface area contributed by atoms with E-state index in [0.29, 0.717) is 13.0 Å². The van der Waals surface area contributed by atoms with Crippen molar-refractivity contribution in [1.29, 1.82) is 0 Å². The van der Waals surface area contributed by atoms with Crippen molar-refractivity contribution in [3.63, 3.8) is 0 Å². The summed E-state index contributed by atoms with van der Waals surface area (Å²) in [6, 6.07) is 3.64. The number of benzene rings is 1. The Morgan fingerprint density at radius 1 is 1.35 bits per heavy atom. The highest BCUT2D eigenvalue weighted by Gasteiger charge is 2.20. The molecule has 0 aliphatic rings. The Hall–Kier alpha value is -1.64. The van der Waals surface area contributed by atoms with Gasteiger partial charge in [0.1, 0.15) is 10.6 Å². The van der Waals surface area contributed by atoms with Crippen molar-refractivity contribution in [2.75, 3.05) is 27.2 Å². The summed E-state index contributed by atoms with van der Waals surface area (Å²) in [5.41, 5.74) is -0.0315. The normalized spacial score (nSPS) is 11.3. The zero-order valence-electron chi connectivity index (χ0n) is 11.3. The standard InChI is InChI=1S/C12H18N2O5S/c1-13-6-3-7-14-20(17,18)11-5-4-9(12(15)16)8-10(11)19-2/h4-5,8,13-14H,3,6-7H2,1-2H3,(H,15,16). The molecule has 0 radical (unpaired) electrons. The van der Waals surface area contributed by atoms with Crippen LogP contribution in [0, 0.1) is 0 Å². The first kappa shape index (κ1) is 16.4. The number of carboxylic acid groups (broad SMARTS) is 1. The van der Waals surface area contributed by atoms with Crippen LogP contribution >= 0.6 is 0 Å². The second-order valence-electron chi connectivity index (χ2n) is 4.03. The van der Waals surface area contributed by atoms with Crippen molar-refractivity contribution in [1.82, 2.24) is 10.0 Å². The fraction of sp³-hybridized carbons (Fsp3) is 0.417. The van der Waals surface area contributed by atoms with E-state index in [2.05, 4.69) is 10.0 Å². The van der Waals surface area contributed by atoms with Crippen molar-refractivity contribution >= 4 is 16.0 Å². The summed E-state index contributed by atoms with van der Waals surface area (Å²) < 4.78 is 31.6. The zero-order chi connectivity index (χ0) is 15.2. The van der Waals surface area contributed by atoms with E-state index in [-0.39, 0.29) is 22.8 Å². The van der Waals surface area contributed by atoms with E-state index in [0.717, 1.165) is 0 Å². The summed E-state index contributed by atoms with van der Waals surface area (Å²) >= 11 is 0. The molecule has 0 saturated carbocycles. The minimum absolute atomic E-state index is 0.00557. The van der Waals surface area contributed by atoms with E-state index >= 15 is 0 Å². The number of hydrogen-bond donors (Lipinski definition) is 3. The Kier molecular flexibility index (Phi) is 5.93. The molecule has 0 spiro atoms. The molecule has 0 saturated heterocycles. The number of methoxy groups -OCH3 is 1. The number of hydrogen-bond acceptors (Lipinski definition) is 5. The highest BCUT2D eigenvalue weighted by Crippen LogP contribution is 2.24. The van der Waals surface area contributed by atoms with E-state index in [1.807, 2.05) is 0 Å². The first-order valence-electron chi connectivity index (χ1n) is 5.98. The second kappa shape index (κ2) is 7.22. The maximum absolute atomic E-state index is 12.1. The molecule has 0 aliphatic carbocycles. The summed E-state index contributed by atoms with van der Waals surface area (Å²) in [4.78, 5) is 10.8. The third kappa shape index (κ3) is 4.19. The number of carbonyl (C=O) groups is 1. The Morgan fingerprint density at radius 2 is 2.05 bits per heavy atom. The predicted molar refractivity (Wildman–Crippen MR) is 73.7 cm³/mol. The number of carboxylic acids is 1. The summed E-state index contributed by atoms with van der Waals surface area (Å²) in [7, 11) is -0.649. The van der Waals surface area contributed by atoms with Crippen molar-refractivity contribution in [3.8, 4) is 5.75 Å². The van der Waals surface area contributed by atoms with Gasteiger partial charge in [0, 0.05) is 6.54 Å². The van der Waals surface area contributed by atoms with E-state index in [4.69, 9.17) is 9.84 Å². The van der Waals surface area contributed by atoms with Crippen molar-refractivity contribution < 1.29 is 23.1 Å². The molecule has 0 aromatic heterocycles. The number of nitrogens with one attached hydrogen (secondary N) is 2. The van der Waals surface area contributed by atoms with Gasteiger partial charge in [-0.3, -0.25) is 0 Å². The maximum Gasteiger partial charge on any atom is 0.335 e. The SMILES string of the molecule is CNCCCNS(=O)(=O)c1ccc(C(=O)O)cc1OC. The van der Waals surface area contributed by atoms with Crippen LogP contribution in [0.25, 0.3) is 0 Å². The van der Waals surface area contributed by atoms with Crippen molar-refractivity contribution in [2.24, 2.45) is 0 Å². The molecule has 1 aromatic rings. The highest BCUT2D eigenvalue weighted by atomic mass is 32.2. The first-order chi connectivity index (χ1) is 9.42. The smallest absolute Gasteiger partial charge is 0.335 e. The van der Waals surface area contributed by atoms with Gasteiger partial charge in [-0.2, -0.15) is 0 Å². The summed E-state index contributed by atoms with van der Waals surface area (Å²) in [5.74, 6) is -1.14. The van der Waals surface area contributed by atoms with Crippen molar-refractivity contribution in [2.45, 2.75) is 11.3 Å². The summed E-state index contributed by atoms with van der Waals surface area (Å²) in [6.45, 7) is 0.977. The molecule has 1 rings (SSSR count). The van der Waals surface area contributed by atoms with Gasteiger partial charge in [-0.1, -0.05) is 0 Å². The van der Waals surface area contributed by atoms with Crippen LogP contribution in [-0.4, -0.2) is 46.7 Å². The number of aromatic carboxylic acids is 1. The highest BCUT2D eigenvalue weighted by molar-refractivity contribution is 7.89. The number of ether oxygens (including phenoxy) is 1. The Balaban J connectivity index is 2.96. The zero-order valence-corrected chi connectivity index (χ0v) is 12.2. The van der Waals surface area contributed by atoms with Gasteiger partial charge in [-0.25, -0.2) is 17.9 Å². The van der Waals surface area contributed by atoms with Crippen molar-refractivity contribution in [3.05, 3.63) is 23.8 Å². The molecule has 0 unspecified atom stereocenters. The van der Waals surface area contributed by atoms with Gasteiger partial charge in [-0.15, -0.1) is 0 Å². The molecule has 1 aromatic carbocycles. The third-order valence-corrected chi connectivity index (χ3v) is 4.10. The topological polar surface area (TPSA) is 105 Å². The fourth-order valence-corrected chi connectivity index (χ4v) is 2.79. The van der Waals surface area contributed by atoms with Gasteiger partial charge >= 0.3 is 5.97 Å². The number of sulfonamides is 1. The maximum atomic E-state index is 12.1.